The van der Waals surface area contributed by atoms with Crippen molar-refractivity contribution in [1.29, 1.82) is 0 Å². The van der Waals surface area contributed by atoms with E-state index in [0.29, 0.717) is 0 Å². The normalized spacial score (nSPS) is 32.6. The van der Waals surface area contributed by atoms with Crippen LogP contribution in [0.1, 0.15) is 19.8 Å². The van der Waals surface area contributed by atoms with Crippen LogP contribution in [0.4, 0.5) is 0 Å². The fraction of sp³-hybridized carbons (Fsp3) is 0.882. The van der Waals surface area contributed by atoms with Crippen molar-refractivity contribution in [2.24, 2.45) is 0 Å². The highest BCUT2D eigenvalue weighted by Gasteiger charge is 2.50. The maximum absolute atomic E-state index is 11.9. The van der Waals surface area contributed by atoms with Gasteiger partial charge >= 0.3 is 11.9 Å². The maximum atomic E-state index is 11.9. The molecule has 0 aliphatic heterocycles. The number of rotatable bonds is 11. The van der Waals surface area contributed by atoms with Crippen LogP contribution in [-0.4, -0.2) is 132 Å². The van der Waals surface area contributed by atoms with E-state index in [9.17, 15) is 50.4 Å². The number of aliphatic hydroxyl groups is 9. The monoisotopic (exact) mass is 458 g/mol. The van der Waals surface area contributed by atoms with E-state index in [1.807, 2.05) is 0 Å². The molecule has 10 atom stereocenters. The van der Waals surface area contributed by atoms with Crippen LogP contribution in [0.5, 0.6) is 0 Å². The summed E-state index contributed by atoms with van der Waals surface area (Å²) < 4.78 is 14.5. The molecular weight excluding hydrogens is 428 g/mol. The Hall–Kier alpha value is -1.46. The maximum Gasteiger partial charge on any atom is 0.306 e. The molecule has 182 valence electrons. The van der Waals surface area contributed by atoms with Crippen LogP contribution in [0.2, 0.25) is 0 Å². The van der Waals surface area contributed by atoms with E-state index in [0.717, 1.165) is 0 Å². The third-order valence-corrected chi connectivity index (χ3v) is 4.65. The molecule has 9 N–H and O–H groups in total. The van der Waals surface area contributed by atoms with Crippen molar-refractivity contribution in [1.82, 2.24) is 0 Å². The number of aliphatic hydroxyl groups excluding tert-OH is 9. The minimum Gasteiger partial charge on any atom is -0.463 e. The molecule has 0 aromatic rings. The van der Waals surface area contributed by atoms with Crippen molar-refractivity contribution in [2.45, 2.75) is 81.0 Å². The average molecular weight is 458 g/mol. The molecule has 0 aromatic carbocycles. The van der Waals surface area contributed by atoms with Crippen molar-refractivity contribution in [3.05, 3.63) is 0 Å². The largest absolute Gasteiger partial charge is 0.463 e. The topological polar surface area (TPSA) is 244 Å². The van der Waals surface area contributed by atoms with Gasteiger partial charge in [-0.25, -0.2) is 0 Å². The molecule has 14 heteroatoms. The Balaban J connectivity index is 2.48. The number of ether oxygens (including phenoxy) is 3. The molecule has 0 spiro atoms. The summed E-state index contributed by atoms with van der Waals surface area (Å²) in [6, 6.07) is 0. The highest BCUT2D eigenvalue weighted by atomic mass is 16.6. The molecule has 0 aromatic heterocycles. The Labute approximate surface area is 176 Å². The zero-order valence-corrected chi connectivity index (χ0v) is 16.7. The standard InChI is InChI=1S/C17H30O14/c1-6(19)8(30-17(28)7(20)4-18)5-29-9(21)2-3-10(22)31-16-14(26)12(24)11(23)13(25)15(16)27/h6-8,11-20,23-28H,2-5H2,1H3/t6-,7-,8?,11?,12+,13?,14?,15?,16?,17+/m0/s1. The van der Waals surface area contributed by atoms with Gasteiger partial charge in [0.25, 0.3) is 0 Å². The number of carbonyl (C=O) groups excluding carboxylic acids is 2. The minimum atomic E-state index is -1.88. The number of hydrogen-bond donors (Lipinski definition) is 9. The predicted molar refractivity (Wildman–Crippen MR) is 95.8 cm³/mol. The van der Waals surface area contributed by atoms with Gasteiger partial charge in [-0.15, -0.1) is 0 Å². The van der Waals surface area contributed by atoms with Gasteiger partial charge in [0.05, 0.1) is 25.6 Å². The van der Waals surface area contributed by atoms with Crippen LogP contribution in [0.3, 0.4) is 0 Å². The molecule has 1 saturated carbocycles. The average Bonchev–Trinajstić information content (AvgIpc) is 2.74. The molecule has 1 aliphatic carbocycles. The van der Waals surface area contributed by atoms with Crippen LogP contribution in [0.15, 0.2) is 0 Å². The molecule has 0 heterocycles. The van der Waals surface area contributed by atoms with E-state index in [-0.39, 0.29) is 0 Å². The Morgan fingerprint density at radius 2 is 1.32 bits per heavy atom. The fourth-order valence-corrected chi connectivity index (χ4v) is 2.65. The SMILES string of the molecule is C[C@H](O)C(COC(=O)CCC(=O)OC1C(O)C(O)C(O)[C@@H](O)C1O)O[C@@H](O)[C@@H](O)CO. The van der Waals surface area contributed by atoms with Gasteiger partial charge < -0.3 is 60.2 Å². The van der Waals surface area contributed by atoms with E-state index in [2.05, 4.69) is 0 Å². The third kappa shape index (κ3) is 7.87. The number of esters is 2. The van der Waals surface area contributed by atoms with Gasteiger partial charge in [0, 0.05) is 0 Å². The predicted octanol–water partition coefficient (Wildman–Crippen LogP) is -5.52. The quantitative estimate of drug-likeness (QED) is 0.104. The lowest BCUT2D eigenvalue weighted by Gasteiger charge is -2.41. The van der Waals surface area contributed by atoms with Crippen LogP contribution < -0.4 is 0 Å². The summed E-state index contributed by atoms with van der Waals surface area (Å²) in [5.41, 5.74) is 0. The second-order valence-corrected chi connectivity index (χ2v) is 7.15. The van der Waals surface area contributed by atoms with Crippen LogP contribution in [0.25, 0.3) is 0 Å². The van der Waals surface area contributed by atoms with Crippen molar-refractivity contribution in [2.75, 3.05) is 13.2 Å². The minimum absolute atomic E-state index is 0.528. The van der Waals surface area contributed by atoms with Gasteiger partial charge in [0.15, 0.2) is 12.4 Å². The van der Waals surface area contributed by atoms with Gasteiger partial charge in [-0.05, 0) is 6.92 Å². The Morgan fingerprint density at radius 3 is 1.81 bits per heavy atom. The van der Waals surface area contributed by atoms with Crippen molar-refractivity contribution < 1.29 is 69.8 Å². The van der Waals surface area contributed by atoms with Gasteiger partial charge in [-0.3, -0.25) is 9.59 Å². The smallest absolute Gasteiger partial charge is 0.306 e. The van der Waals surface area contributed by atoms with Crippen molar-refractivity contribution >= 4 is 11.9 Å². The first-order valence-electron chi connectivity index (χ1n) is 9.46. The van der Waals surface area contributed by atoms with Crippen LogP contribution in [-0.2, 0) is 23.8 Å². The molecule has 6 unspecified atom stereocenters. The highest BCUT2D eigenvalue weighted by Crippen LogP contribution is 2.24. The summed E-state index contributed by atoms with van der Waals surface area (Å²) in [6.07, 6.45) is -18.2. The first-order valence-corrected chi connectivity index (χ1v) is 9.46. The van der Waals surface area contributed by atoms with Crippen molar-refractivity contribution in [3.63, 3.8) is 0 Å². The molecule has 31 heavy (non-hydrogen) atoms. The van der Waals surface area contributed by atoms with Gasteiger partial charge in [-0.2, -0.15) is 0 Å². The summed E-state index contributed by atoms with van der Waals surface area (Å²) in [5, 5.41) is 85.3. The molecule has 1 aliphatic rings. The lowest BCUT2D eigenvalue weighted by molar-refractivity contribution is -0.233. The summed E-state index contributed by atoms with van der Waals surface area (Å²) in [4.78, 5) is 23.7. The second-order valence-electron chi connectivity index (χ2n) is 7.15. The molecule has 0 saturated heterocycles. The van der Waals surface area contributed by atoms with Crippen LogP contribution in [0, 0.1) is 0 Å². The van der Waals surface area contributed by atoms with E-state index in [1.165, 1.54) is 6.92 Å². The zero-order chi connectivity index (χ0) is 23.9. The third-order valence-electron chi connectivity index (χ3n) is 4.65. The molecule has 0 bridgehead atoms. The lowest BCUT2D eigenvalue weighted by atomic mass is 9.85. The molecule has 0 amide bonds. The number of hydrogen-bond acceptors (Lipinski definition) is 14. The van der Waals surface area contributed by atoms with E-state index >= 15 is 0 Å². The van der Waals surface area contributed by atoms with Gasteiger partial charge in [0.2, 0.25) is 0 Å². The van der Waals surface area contributed by atoms with E-state index in [4.69, 9.17) is 19.3 Å². The molecule has 1 fully saturated rings. The molecule has 1 rings (SSSR count). The first-order chi connectivity index (χ1) is 14.4. The second kappa shape index (κ2) is 12.5. The Bertz CT molecular complexity index is 555. The number of carbonyl (C=O) groups is 2. The van der Waals surface area contributed by atoms with Gasteiger partial charge in [-0.1, -0.05) is 0 Å². The summed E-state index contributed by atoms with van der Waals surface area (Å²) in [6.45, 7) is -0.113. The molecule has 14 nitrogen and oxygen atoms in total. The molecule has 0 radical (unpaired) electrons. The Kier molecular flexibility index (Phi) is 11.2. The van der Waals surface area contributed by atoms with E-state index in [1.54, 1.807) is 0 Å². The van der Waals surface area contributed by atoms with Crippen molar-refractivity contribution in [3.8, 4) is 0 Å². The summed E-state index contributed by atoms with van der Waals surface area (Å²) in [5.74, 6) is -2.02. The van der Waals surface area contributed by atoms with Gasteiger partial charge in [0.1, 0.15) is 49.3 Å². The summed E-state index contributed by atoms with van der Waals surface area (Å²) in [7, 11) is 0. The van der Waals surface area contributed by atoms with Crippen LogP contribution >= 0.6 is 0 Å². The zero-order valence-electron chi connectivity index (χ0n) is 16.7. The Morgan fingerprint density at radius 1 is 0.839 bits per heavy atom. The molecular formula is C17H30O14. The fourth-order valence-electron chi connectivity index (χ4n) is 2.65. The summed E-state index contributed by atoms with van der Waals surface area (Å²) >= 11 is 0. The van der Waals surface area contributed by atoms with E-state index < -0.39 is 99.2 Å². The lowest BCUT2D eigenvalue weighted by Crippen LogP contribution is -2.64. The highest BCUT2D eigenvalue weighted by molar-refractivity contribution is 5.77. The first kappa shape index (κ1) is 27.6.